The highest BCUT2D eigenvalue weighted by molar-refractivity contribution is 8.00. The van der Waals surface area contributed by atoms with Crippen LogP contribution in [0.15, 0.2) is 47.6 Å². The first-order valence-corrected chi connectivity index (χ1v) is 12.0. The van der Waals surface area contributed by atoms with Crippen LogP contribution in [0.2, 0.25) is 0 Å². The van der Waals surface area contributed by atoms with Gasteiger partial charge in [-0.2, -0.15) is 10.1 Å². The molecule has 0 aliphatic rings. The minimum Gasteiger partial charge on any atom is -0.494 e. The molecule has 0 unspecified atom stereocenters. The smallest absolute Gasteiger partial charge is 0.237 e. The summed E-state index contributed by atoms with van der Waals surface area (Å²) >= 11 is 1.38. The number of nitrogens with zero attached hydrogens (tertiary/aromatic N) is 4. The van der Waals surface area contributed by atoms with Crippen molar-refractivity contribution in [2.24, 2.45) is 7.05 Å². The molecule has 0 saturated carbocycles. The molecule has 0 bridgehead atoms. The number of anilines is 1. The van der Waals surface area contributed by atoms with E-state index in [1.165, 1.54) is 24.8 Å². The molecule has 0 aliphatic heterocycles. The van der Waals surface area contributed by atoms with Gasteiger partial charge in [-0.3, -0.25) is 9.40 Å². The predicted molar refractivity (Wildman–Crippen MR) is 132 cm³/mol. The van der Waals surface area contributed by atoms with Crippen molar-refractivity contribution in [3.05, 3.63) is 42.7 Å². The summed E-state index contributed by atoms with van der Waals surface area (Å²) in [5.74, 6) is 1.72. The zero-order valence-electron chi connectivity index (χ0n) is 19.7. The first-order chi connectivity index (χ1) is 15.8. The van der Waals surface area contributed by atoms with Gasteiger partial charge in [0.05, 0.1) is 35.6 Å². The van der Waals surface area contributed by atoms with Crippen molar-refractivity contribution in [2.75, 3.05) is 17.9 Å². The lowest BCUT2D eigenvalue weighted by Crippen LogP contribution is -2.22. The summed E-state index contributed by atoms with van der Waals surface area (Å²) in [4.78, 5) is 10.1. The van der Waals surface area contributed by atoms with Crippen molar-refractivity contribution in [2.45, 2.75) is 57.0 Å². The highest BCUT2D eigenvalue weighted by atomic mass is 32.2. The number of rotatable bonds is 13. The molecule has 33 heavy (non-hydrogen) atoms. The Labute approximate surface area is 199 Å². The van der Waals surface area contributed by atoms with Crippen molar-refractivity contribution in [3.63, 3.8) is 0 Å². The van der Waals surface area contributed by atoms with E-state index in [9.17, 15) is 5.11 Å². The van der Waals surface area contributed by atoms with Gasteiger partial charge in [0, 0.05) is 31.3 Å². The minimum absolute atomic E-state index is 0.347. The predicted octanol–water partition coefficient (Wildman–Crippen LogP) is 5.11. The van der Waals surface area contributed by atoms with E-state index < -0.39 is 5.60 Å². The molecule has 2 heterocycles. The second-order valence-electron chi connectivity index (χ2n) is 8.46. The molecule has 3 aromatic rings. The fourth-order valence-corrected chi connectivity index (χ4v) is 3.52. The van der Waals surface area contributed by atoms with Gasteiger partial charge in [-0.25, -0.2) is 4.98 Å². The third-order valence-corrected chi connectivity index (χ3v) is 5.51. The van der Waals surface area contributed by atoms with Crippen LogP contribution in [-0.2, 0) is 7.05 Å². The molecule has 0 amide bonds. The average Bonchev–Trinajstić information content (AvgIpc) is 3.20. The molecule has 0 atom stereocenters. The van der Waals surface area contributed by atoms with Crippen LogP contribution in [0.3, 0.4) is 0 Å². The third kappa shape index (κ3) is 8.58. The summed E-state index contributed by atoms with van der Waals surface area (Å²) in [5.41, 5.74) is 0.857. The van der Waals surface area contributed by atoms with Crippen molar-refractivity contribution in [1.82, 2.24) is 19.7 Å². The highest BCUT2D eigenvalue weighted by Gasteiger charge is 2.14. The van der Waals surface area contributed by atoms with Gasteiger partial charge in [-0.15, -0.1) is 0 Å². The quantitative estimate of drug-likeness (QED) is 0.262. The van der Waals surface area contributed by atoms with Crippen molar-refractivity contribution < 1.29 is 14.6 Å². The Balaban J connectivity index is 1.74. The normalized spacial score (nSPS) is 11.4. The van der Waals surface area contributed by atoms with Crippen molar-refractivity contribution in [1.29, 1.82) is 0 Å². The molecule has 8 nitrogen and oxygen atoms in total. The topological polar surface area (TPSA) is 94.3 Å². The largest absolute Gasteiger partial charge is 0.494 e. The summed E-state index contributed by atoms with van der Waals surface area (Å²) in [7, 11) is 1.87. The Morgan fingerprint density at radius 2 is 1.88 bits per heavy atom. The van der Waals surface area contributed by atoms with Crippen LogP contribution in [-0.4, -0.2) is 43.7 Å². The van der Waals surface area contributed by atoms with Gasteiger partial charge in [-0.1, -0.05) is 19.8 Å². The molecule has 2 aromatic heterocycles. The van der Waals surface area contributed by atoms with E-state index in [0.29, 0.717) is 24.9 Å². The molecule has 3 rings (SSSR count). The second-order valence-corrected chi connectivity index (χ2v) is 9.34. The van der Waals surface area contributed by atoms with Gasteiger partial charge in [0.15, 0.2) is 0 Å². The number of aliphatic hydroxyl groups is 1. The number of aromatic nitrogens is 4. The number of ether oxygens (including phenoxy) is 2. The van der Waals surface area contributed by atoms with Crippen LogP contribution in [0, 0.1) is 0 Å². The molecule has 9 heteroatoms. The summed E-state index contributed by atoms with van der Waals surface area (Å²) in [5, 5.41) is 14.1. The van der Waals surface area contributed by atoms with Gasteiger partial charge >= 0.3 is 0 Å². The monoisotopic (exact) mass is 471 g/mol. The molecule has 0 fully saturated rings. The van der Waals surface area contributed by atoms with Crippen LogP contribution in [0.5, 0.6) is 11.6 Å². The number of hydrogen-bond acceptors (Lipinski definition) is 8. The molecular formula is C24H33N5O3S. The van der Waals surface area contributed by atoms with E-state index >= 15 is 0 Å². The van der Waals surface area contributed by atoms with Gasteiger partial charge in [-0.05, 0) is 56.5 Å². The fraction of sp³-hybridized carbons (Fsp3) is 0.458. The summed E-state index contributed by atoms with van der Waals surface area (Å²) < 4.78 is 16.6. The lowest BCUT2D eigenvalue weighted by atomic mass is 10.1. The fourth-order valence-electron chi connectivity index (χ4n) is 2.92. The van der Waals surface area contributed by atoms with Crippen LogP contribution in [0.25, 0.3) is 11.3 Å². The maximum Gasteiger partial charge on any atom is 0.237 e. The van der Waals surface area contributed by atoms with Crippen LogP contribution in [0.4, 0.5) is 5.95 Å². The first-order valence-electron chi connectivity index (χ1n) is 11.2. The Kier molecular flexibility index (Phi) is 8.96. The average molecular weight is 472 g/mol. The third-order valence-electron chi connectivity index (χ3n) is 4.77. The molecule has 0 radical (unpaired) electrons. The maximum atomic E-state index is 9.96. The lowest BCUT2D eigenvalue weighted by Gasteiger charge is -2.17. The Bertz CT molecular complexity index is 1000. The standard InChI is InChI=1S/C24H33N5O3S/c1-5-6-7-13-31-19-10-8-18(9-11-19)21-15-22(32-14-12-24(2,3)30)27-23(26-21)28-33-20-16-25-29(4)17-20/h8-11,15-17,30H,5-7,12-14H2,1-4H3,(H,26,27,28). The number of nitrogens with one attached hydrogen (secondary N) is 1. The van der Waals surface area contributed by atoms with Crippen LogP contribution in [0.1, 0.15) is 46.5 Å². The Morgan fingerprint density at radius 3 is 2.55 bits per heavy atom. The van der Waals surface area contributed by atoms with E-state index in [0.717, 1.165) is 34.9 Å². The molecule has 0 spiro atoms. The van der Waals surface area contributed by atoms with Crippen molar-refractivity contribution in [3.8, 4) is 22.9 Å². The minimum atomic E-state index is -0.805. The lowest BCUT2D eigenvalue weighted by molar-refractivity contribution is 0.0547. The van der Waals surface area contributed by atoms with Gasteiger partial charge in [0.1, 0.15) is 5.75 Å². The van der Waals surface area contributed by atoms with Crippen LogP contribution >= 0.6 is 11.9 Å². The molecule has 1 aromatic carbocycles. The molecule has 0 aliphatic carbocycles. The number of benzene rings is 1. The maximum absolute atomic E-state index is 9.96. The first kappa shape index (κ1) is 24.9. The molecule has 178 valence electrons. The molecule has 2 N–H and O–H groups in total. The number of hydrogen-bond donors (Lipinski definition) is 2. The summed E-state index contributed by atoms with van der Waals surface area (Å²) in [6, 6.07) is 9.68. The number of aryl methyl sites for hydroxylation is 1. The Hall–Kier alpha value is -2.78. The summed E-state index contributed by atoms with van der Waals surface area (Å²) in [6.45, 7) is 6.76. The van der Waals surface area contributed by atoms with E-state index in [1.807, 2.05) is 37.5 Å². The van der Waals surface area contributed by atoms with Gasteiger partial charge in [0.2, 0.25) is 11.8 Å². The van der Waals surface area contributed by atoms with E-state index in [2.05, 4.69) is 26.7 Å². The Morgan fingerprint density at radius 1 is 1.09 bits per heavy atom. The van der Waals surface area contributed by atoms with E-state index in [-0.39, 0.29) is 0 Å². The van der Waals surface area contributed by atoms with Gasteiger partial charge < -0.3 is 14.6 Å². The summed E-state index contributed by atoms with van der Waals surface area (Å²) in [6.07, 6.45) is 7.56. The highest BCUT2D eigenvalue weighted by Crippen LogP contribution is 2.27. The van der Waals surface area contributed by atoms with Crippen molar-refractivity contribution >= 4 is 17.9 Å². The zero-order chi connectivity index (χ0) is 23.7. The zero-order valence-corrected chi connectivity index (χ0v) is 20.6. The SMILES string of the molecule is CCCCCOc1ccc(-c2cc(OCCC(C)(C)O)nc(NSc3cnn(C)c3)n2)cc1. The van der Waals surface area contributed by atoms with Gasteiger partial charge in [0.25, 0.3) is 0 Å². The molecular weight excluding hydrogens is 438 g/mol. The van der Waals surface area contributed by atoms with Crippen LogP contribution < -0.4 is 14.2 Å². The van der Waals surface area contributed by atoms with E-state index in [1.54, 1.807) is 30.8 Å². The van der Waals surface area contributed by atoms with E-state index in [4.69, 9.17) is 9.47 Å². The number of unbranched alkanes of at least 4 members (excludes halogenated alkanes) is 2. The molecule has 0 saturated heterocycles. The second kappa shape index (κ2) is 11.9.